The number of hydrogen-bond donors (Lipinski definition) is 0. The molecule has 0 aromatic heterocycles. The van der Waals surface area contributed by atoms with E-state index in [1.165, 1.54) is 32.5 Å². The second kappa shape index (κ2) is 8.35. The van der Waals surface area contributed by atoms with E-state index >= 15 is 0 Å². The molecular weight excluding hydrogens is 158 g/mol. The highest BCUT2D eigenvalue weighted by Crippen LogP contribution is 1.96. The highest BCUT2D eigenvalue weighted by Gasteiger charge is 1.99. The molecule has 0 saturated heterocycles. The molecule has 0 spiro atoms. The predicted octanol–water partition coefficient (Wildman–Crippen LogP) is 2.74. The Morgan fingerprint density at radius 1 is 1.00 bits per heavy atom. The van der Waals surface area contributed by atoms with Gasteiger partial charge in [-0.1, -0.05) is 13.8 Å². The number of hydrogen-bond acceptors (Lipinski definition) is 1. The summed E-state index contributed by atoms with van der Waals surface area (Å²) in [4.78, 5) is 2.49. The van der Waals surface area contributed by atoms with Crippen LogP contribution in [0.5, 0.6) is 0 Å². The summed E-state index contributed by atoms with van der Waals surface area (Å²) in [5.41, 5.74) is 0. The van der Waals surface area contributed by atoms with E-state index in [2.05, 4.69) is 18.7 Å². The molecule has 0 aromatic rings. The molecule has 0 fully saturated rings. The molecule has 1 nitrogen and oxygen atoms in total. The molecule has 0 atom stereocenters. The van der Waals surface area contributed by atoms with E-state index < -0.39 is 0 Å². The maximum absolute atomic E-state index is 5.62. The molecule has 0 aliphatic rings. The highest BCUT2D eigenvalue weighted by molar-refractivity contribution is 6.17. The molecule has 68 valence electrons. The molecule has 0 radical (unpaired) electrons. The standard InChI is InChI=1S/C9H20ClN/c1-3-7-11(8-4-2)9-5-6-10/h3-9H2,1-2H3. The van der Waals surface area contributed by atoms with Crippen LogP contribution in [0.2, 0.25) is 0 Å². The van der Waals surface area contributed by atoms with Gasteiger partial charge >= 0.3 is 0 Å². The zero-order chi connectivity index (χ0) is 8.53. The van der Waals surface area contributed by atoms with E-state index in [0.717, 1.165) is 12.3 Å². The average Bonchev–Trinajstić information content (AvgIpc) is 2.01. The van der Waals surface area contributed by atoms with Crippen molar-refractivity contribution in [2.75, 3.05) is 25.5 Å². The molecule has 0 aliphatic heterocycles. The van der Waals surface area contributed by atoms with Gasteiger partial charge in [0, 0.05) is 5.88 Å². The fourth-order valence-corrected chi connectivity index (χ4v) is 1.37. The normalized spacial score (nSPS) is 10.9. The Morgan fingerprint density at radius 3 is 1.91 bits per heavy atom. The summed E-state index contributed by atoms with van der Waals surface area (Å²) in [5, 5.41) is 0. The summed E-state index contributed by atoms with van der Waals surface area (Å²) in [6, 6.07) is 0. The lowest BCUT2D eigenvalue weighted by molar-refractivity contribution is 0.276. The SMILES string of the molecule is CCCN(CCC)CCCCl. The summed E-state index contributed by atoms with van der Waals surface area (Å²) < 4.78 is 0. The summed E-state index contributed by atoms with van der Waals surface area (Å²) in [6.07, 6.45) is 3.63. The predicted molar refractivity (Wildman–Crippen MR) is 52.4 cm³/mol. The minimum atomic E-state index is 0.796. The van der Waals surface area contributed by atoms with Crippen LogP contribution in [0.4, 0.5) is 0 Å². The van der Waals surface area contributed by atoms with Gasteiger partial charge in [-0.3, -0.25) is 0 Å². The van der Waals surface area contributed by atoms with Gasteiger partial charge in [-0.2, -0.15) is 0 Å². The third-order valence-corrected chi connectivity index (χ3v) is 1.95. The third kappa shape index (κ3) is 6.64. The first-order valence-corrected chi connectivity index (χ1v) is 5.16. The van der Waals surface area contributed by atoms with E-state index in [9.17, 15) is 0 Å². The molecule has 0 N–H and O–H groups in total. The van der Waals surface area contributed by atoms with Crippen molar-refractivity contribution in [2.45, 2.75) is 33.1 Å². The molecular formula is C9H20ClN. The fourth-order valence-electron chi connectivity index (χ4n) is 1.25. The van der Waals surface area contributed by atoms with Crippen LogP contribution in [0.25, 0.3) is 0 Å². The molecule has 11 heavy (non-hydrogen) atoms. The highest BCUT2D eigenvalue weighted by atomic mass is 35.5. The monoisotopic (exact) mass is 177 g/mol. The summed E-state index contributed by atoms with van der Waals surface area (Å²) in [6.45, 7) is 8.08. The van der Waals surface area contributed by atoms with Crippen LogP contribution in [0.3, 0.4) is 0 Å². The maximum atomic E-state index is 5.62. The van der Waals surface area contributed by atoms with Gasteiger partial charge in [-0.15, -0.1) is 11.6 Å². The van der Waals surface area contributed by atoms with Crippen molar-refractivity contribution >= 4 is 11.6 Å². The lowest BCUT2D eigenvalue weighted by atomic mass is 10.3. The molecule has 2 heteroatoms. The van der Waals surface area contributed by atoms with Crippen LogP contribution in [0, 0.1) is 0 Å². The molecule has 0 amide bonds. The summed E-state index contributed by atoms with van der Waals surface area (Å²) >= 11 is 5.62. The zero-order valence-electron chi connectivity index (χ0n) is 7.77. The Labute approximate surface area is 75.7 Å². The smallest absolute Gasteiger partial charge is 0.0235 e. The number of nitrogens with zero attached hydrogens (tertiary/aromatic N) is 1. The number of rotatable bonds is 7. The second-order valence-corrected chi connectivity index (χ2v) is 3.26. The zero-order valence-corrected chi connectivity index (χ0v) is 8.53. The molecule has 0 aromatic carbocycles. The Balaban J connectivity index is 3.34. The molecule has 0 heterocycles. The minimum Gasteiger partial charge on any atom is -0.303 e. The maximum Gasteiger partial charge on any atom is 0.0235 e. The van der Waals surface area contributed by atoms with Gasteiger partial charge in [0.25, 0.3) is 0 Å². The molecule has 0 saturated carbocycles. The quantitative estimate of drug-likeness (QED) is 0.541. The molecule has 0 aliphatic carbocycles. The van der Waals surface area contributed by atoms with E-state index in [1.54, 1.807) is 0 Å². The first kappa shape index (κ1) is 11.2. The van der Waals surface area contributed by atoms with Crippen LogP contribution < -0.4 is 0 Å². The molecule has 0 bridgehead atoms. The van der Waals surface area contributed by atoms with Gasteiger partial charge < -0.3 is 4.90 Å². The Hall–Kier alpha value is 0.250. The van der Waals surface area contributed by atoms with E-state index in [1.807, 2.05) is 0 Å². The lowest BCUT2D eigenvalue weighted by Crippen LogP contribution is -2.26. The van der Waals surface area contributed by atoms with Crippen molar-refractivity contribution in [1.82, 2.24) is 4.90 Å². The van der Waals surface area contributed by atoms with Crippen LogP contribution in [0.1, 0.15) is 33.1 Å². The van der Waals surface area contributed by atoms with Gasteiger partial charge in [0.1, 0.15) is 0 Å². The van der Waals surface area contributed by atoms with Gasteiger partial charge in [0.2, 0.25) is 0 Å². The van der Waals surface area contributed by atoms with Crippen molar-refractivity contribution in [3.63, 3.8) is 0 Å². The molecule has 0 unspecified atom stereocenters. The lowest BCUT2D eigenvalue weighted by Gasteiger charge is -2.19. The second-order valence-electron chi connectivity index (χ2n) is 2.88. The van der Waals surface area contributed by atoms with Crippen molar-refractivity contribution < 1.29 is 0 Å². The van der Waals surface area contributed by atoms with E-state index in [-0.39, 0.29) is 0 Å². The largest absolute Gasteiger partial charge is 0.303 e. The first-order chi connectivity index (χ1) is 5.35. The van der Waals surface area contributed by atoms with E-state index in [4.69, 9.17) is 11.6 Å². The van der Waals surface area contributed by atoms with Crippen molar-refractivity contribution in [1.29, 1.82) is 0 Å². The van der Waals surface area contributed by atoms with Crippen LogP contribution in [-0.2, 0) is 0 Å². The van der Waals surface area contributed by atoms with Crippen LogP contribution in [-0.4, -0.2) is 30.4 Å². The van der Waals surface area contributed by atoms with Gasteiger partial charge in [0.05, 0.1) is 0 Å². The van der Waals surface area contributed by atoms with Crippen LogP contribution in [0.15, 0.2) is 0 Å². The summed E-state index contributed by atoms with van der Waals surface area (Å²) in [7, 11) is 0. The number of halogens is 1. The Morgan fingerprint density at radius 2 is 1.55 bits per heavy atom. The van der Waals surface area contributed by atoms with Crippen molar-refractivity contribution in [2.24, 2.45) is 0 Å². The van der Waals surface area contributed by atoms with E-state index in [0.29, 0.717) is 0 Å². The minimum absolute atomic E-state index is 0.796. The fraction of sp³-hybridized carbons (Fsp3) is 1.00. The topological polar surface area (TPSA) is 3.24 Å². The average molecular weight is 178 g/mol. The van der Waals surface area contributed by atoms with Gasteiger partial charge in [-0.25, -0.2) is 0 Å². The first-order valence-electron chi connectivity index (χ1n) is 4.63. The van der Waals surface area contributed by atoms with Gasteiger partial charge in [0.15, 0.2) is 0 Å². The van der Waals surface area contributed by atoms with Crippen molar-refractivity contribution in [3.8, 4) is 0 Å². The molecule has 0 rings (SSSR count). The number of alkyl halides is 1. The Bertz CT molecular complexity index is 70.0. The van der Waals surface area contributed by atoms with Crippen LogP contribution >= 0.6 is 11.6 Å². The van der Waals surface area contributed by atoms with Gasteiger partial charge in [-0.05, 0) is 38.9 Å². The summed E-state index contributed by atoms with van der Waals surface area (Å²) in [5.74, 6) is 0.796. The third-order valence-electron chi connectivity index (χ3n) is 1.69. The Kier molecular flexibility index (Phi) is 8.54. The van der Waals surface area contributed by atoms with Crippen molar-refractivity contribution in [3.05, 3.63) is 0 Å².